The molecule has 0 saturated heterocycles. The van der Waals surface area contributed by atoms with Gasteiger partial charge in [-0.15, -0.1) is 0 Å². The standard InChI is InChI=1S/C16H16BrNO2/c1-11(12-6-4-3-5-7-12)16(19)18-15-10-13(20-2)8-9-14(15)17/h3-11H,1-2H3,(H,18,19). The Labute approximate surface area is 127 Å². The van der Waals surface area contributed by atoms with E-state index in [1.165, 1.54) is 0 Å². The van der Waals surface area contributed by atoms with E-state index >= 15 is 0 Å². The first-order chi connectivity index (χ1) is 9.61. The van der Waals surface area contributed by atoms with Gasteiger partial charge in [-0.3, -0.25) is 4.79 Å². The number of nitrogens with one attached hydrogen (secondary N) is 1. The van der Waals surface area contributed by atoms with E-state index in [1.54, 1.807) is 13.2 Å². The molecular weight excluding hydrogens is 318 g/mol. The Morgan fingerprint density at radius 2 is 1.90 bits per heavy atom. The zero-order valence-electron chi connectivity index (χ0n) is 11.4. The molecule has 2 rings (SSSR count). The molecular formula is C16H16BrNO2. The highest BCUT2D eigenvalue weighted by Gasteiger charge is 2.16. The Morgan fingerprint density at radius 1 is 1.20 bits per heavy atom. The molecule has 3 nitrogen and oxygen atoms in total. The second-order valence-electron chi connectivity index (χ2n) is 4.47. The Balaban J connectivity index is 2.15. The van der Waals surface area contributed by atoms with E-state index in [9.17, 15) is 4.79 Å². The summed E-state index contributed by atoms with van der Waals surface area (Å²) in [4.78, 5) is 12.3. The molecule has 0 fully saturated rings. The SMILES string of the molecule is COc1ccc(Br)c(NC(=O)C(C)c2ccccc2)c1. The number of halogens is 1. The number of benzene rings is 2. The smallest absolute Gasteiger partial charge is 0.231 e. The van der Waals surface area contributed by atoms with Crippen molar-refractivity contribution >= 4 is 27.5 Å². The van der Waals surface area contributed by atoms with E-state index in [0.717, 1.165) is 10.0 Å². The van der Waals surface area contributed by atoms with Crippen molar-refractivity contribution in [3.8, 4) is 5.75 Å². The van der Waals surface area contributed by atoms with Gasteiger partial charge in [0.1, 0.15) is 5.75 Å². The van der Waals surface area contributed by atoms with Crippen molar-refractivity contribution in [2.75, 3.05) is 12.4 Å². The number of amides is 1. The highest BCUT2D eigenvalue weighted by molar-refractivity contribution is 9.10. The third kappa shape index (κ3) is 3.39. The van der Waals surface area contributed by atoms with Gasteiger partial charge in [0.05, 0.1) is 18.7 Å². The fraction of sp³-hybridized carbons (Fsp3) is 0.188. The minimum Gasteiger partial charge on any atom is -0.497 e. The van der Waals surface area contributed by atoms with Gasteiger partial charge in [-0.2, -0.15) is 0 Å². The molecule has 1 unspecified atom stereocenters. The molecule has 0 bridgehead atoms. The van der Waals surface area contributed by atoms with Crippen molar-refractivity contribution in [2.24, 2.45) is 0 Å². The Bertz CT molecular complexity index is 599. The zero-order valence-corrected chi connectivity index (χ0v) is 13.0. The number of carbonyl (C=O) groups is 1. The summed E-state index contributed by atoms with van der Waals surface area (Å²) < 4.78 is 5.99. The second-order valence-corrected chi connectivity index (χ2v) is 5.32. The van der Waals surface area contributed by atoms with Crippen molar-refractivity contribution in [1.29, 1.82) is 0 Å². The summed E-state index contributed by atoms with van der Waals surface area (Å²) >= 11 is 3.42. The summed E-state index contributed by atoms with van der Waals surface area (Å²) in [6.07, 6.45) is 0. The molecule has 0 radical (unpaired) electrons. The maximum absolute atomic E-state index is 12.3. The predicted octanol–water partition coefficient (Wildman–Crippen LogP) is 4.20. The number of ether oxygens (including phenoxy) is 1. The lowest BCUT2D eigenvalue weighted by Gasteiger charge is -2.14. The van der Waals surface area contributed by atoms with Gasteiger partial charge in [-0.05, 0) is 40.5 Å². The molecule has 2 aromatic rings. The molecule has 0 aromatic heterocycles. The van der Waals surface area contributed by atoms with Crippen LogP contribution in [0.25, 0.3) is 0 Å². The monoisotopic (exact) mass is 333 g/mol. The van der Waals surface area contributed by atoms with E-state index in [0.29, 0.717) is 11.4 Å². The largest absolute Gasteiger partial charge is 0.497 e. The summed E-state index contributed by atoms with van der Waals surface area (Å²) in [5, 5.41) is 2.92. The third-order valence-electron chi connectivity index (χ3n) is 3.12. The molecule has 0 aliphatic heterocycles. The van der Waals surface area contributed by atoms with Crippen LogP contribution in [0.2, 0.25) is 0 Å². The van der Waals surface area contributed by atoms with Crippen LogP contribution in [0.3, 0.4) is 0 Å². The minimum atomic E-state index is -0.214. The van der Waals surface area contributed by atoms with Crippen LogP contribution in [0.5, 0.6) is 5.75 Å². The number of anilines is 1. The molecule has 1 amide bonds. The Hall–Kier alpha value is -1.81. The molecule has 1 atom stereocenters. The molecule has 1 N–H and O–H groups in total. The van der Waals surface area contributed by atoms with Gasteiger partial charge in [-0.25, -0.2) is 0 Å². The number of rotatable bonds is 4. The topological polar surface area (TPSA) is 38.3 Å². The van der Waals surface area contributed by atoms with Crippen molar-refractivity contribution in [3.63, 3.8) is 0 Å². The van der Waals surface area contributed by atoms with E-state index in [-0.39, 0.29) is 11.8 Å². The maximum Gasteiger partial charge on any atom is 0.231 e. The quantitative estimate of drug-likeness (QED) is 0.910. The van der Waals surface area contributed by atoms with E-state index < -0.39 is 0 Å². The number of hydrogen-bond acceptors (Lipinski definition) is 2. The molecule has 0 saturated carbocycles. The van der Waals surface area contributed by atoms with Crippen LogP contribution in [0, 0.1) is 0 Å². The lowest BCUT2D eigenvalue weighted by atomic mass is 10.0. The predicted molar refractivity (Wildman–Crippen MR) is 84.2 cm³/mol. The highest BCUT2D eigenvalue weighted by atomic mass is 79.9. The lowest BCUT2D eigenvalue weighted by molar-refractivity contribution is -0.117. The lowest BCUT2D eigenvalue weighted by Crippen LogP contribution is -2.19. The van der Waals surface area contributed by atoms with Crippen LogP contribution in [-0.4, -0.2) is 13.0 Å². The van der Waals surface area contributed by atoms with Gasteiger partial charge in [0.25, 0.3) is 0 Å². The molecule has 2 aromatic carbocycles. The molecule has 20 heavy (non-hydrogen) atoms. The summed E-state index contributed by atoms with van der Waals surface area (Å²) in [5.74, 6) is 0.440. The first kappa shape index (κ1) is 14.6. The van der Waals surface area contributed by atoms with Crippen LogP contribution in [0.1, 0.15) is 18.4 Å². The molecule has 0 heterocycles. The Kier molecular flexibility index (Phi) is 4.79. The van der Waals surface area contributed by atoms with Crippen LogP contribution in [-0.2, 0) is 4.79 Å². The average Bonchev–Trinajstić information content (AvgIpc) is 2.49. The van der Waals surface area contributed by atoms with Crippen molar-refractivity contribution in [1.82, 2.24) is 0 Å². The van der Waals surface area contributed by atoms with Gasteiger partial charge in [0, 0.05) is 10.5 Å². The molecule has 4 heteroatoms. The average molecular weight is 334 g/mol. The Morgan fingerprint density at radius 3 is 2.55 bits per heavy atom. The fourth-order valence-electron chi connectivity index (χ4n) is 1.86. The van der Waals surface area contributed by atoms with E-state index in [1.807, 2.05) is 49.4 Å². The van der Waals surface area contributed by atoms with E-state index in [2.05, 4.69) is 21.2 Å². The maximum atomic E-state index is 12.3. The molecule has 0 aliphatic carbocycles. The summed E-state index contributed by atoms with van der Waals surface area (Å²) in [5.41, 5.74) is 1.70. The molecule has 0 spiro atoms. The van der Waals surface area contributed by atoms with Crippen molar-refractivity contribution in [3.05, 3.63) is 58.6 Å². The number of methoxy groups -OCH3 is 1. The summed E-state index contributed by atoms with van der Waals surface area (Å²) in [6.45, 7) is 1.89. The van der Waals surface area contributed by atoms with Crippen molar-refractivity contribution < 1.29 is 9.53 Å². The van der Waals surface area contributed by atoms with Gasteiger partial charge < -0.3 is 10.1 Å². The highest BCUT2D eigenvalue weighted by Crippen LogP contribution is 2.28. The summed E-state index contributed by atoms with van der Waals surface area (Å²) in [7, 11) is 1.60. The van der Waals surface area contributed by atoms with Crippen LogP contribution in [0.4, 0.5) is 5.69 Å². The van der Waals surface area contributed by atoms with Crippen LogP contribution < -0.4 is 10.1 Å². The van der Waals surface area contributed by atoms with Crippen LogP contribution >= 0.6 is 15.9 Å². The number of hydrogen-bond donors (Lipinski definition) is 1. The fourth-order valence-corrected chi connectivity index (χ4v) is 2.21. The molecule has 104 valence electrons. The van der Waals surface area contributed by atoms with Crippen molar-refractivity contribution in [2.45, 2.75) is 12.8 Å². The van der Waals surface area contributed by atoms with Gasteiger partial charge in [-0.1, -0.05) is 30.3 Å². The van der Waals surface area contributed by atoms with Gasteiger partial charge in [0.15, 0.2) is 0 Å². The normalized spacial score (nSPS) is 11.8. The number of carbonyl (C=O) groups excluding carboxylic acids is 1. The third-order valence-corrected chi connectivity index (χ3v) is 3.82. The summed E-state index contributed by atoms with van der Waals surface area (Å²) in [6, 6.07) is 15.2. The second kappa shape index (κ2) is 6.57. The first-order valence-corrected chi connectivity index (χ1v) is 7.10. The minimum absolute atomic E-state index is 0.0508. The zero-order chi connectivity index (χ0) is 14.5. The van der Waals surface area contributed by atoms with Gasteiger partial charge in [0.2, 0.25) is 5.91 Å². The van der Waals surface area contributed by atoms with E-state index in [4.69, 9.17) is 4.74 Å². The first-order valence-electron chi connectivity index (χ1n) is 6.31. The van der Waals surface area contributed by atoms with Gasteiger partial charge >= 0.3 is 0 Å². The van der Waals surface area contributed by atoms with Crippen LogP contribution in [0.15, 0.2) is 53.0 Å². The molecule has 0 aliphatic rings.